The monoisotopic (exact) mass is 453 g/mol. The summed E-state index contributed by atoms with van der Waals surface area (Å²) in [7, 11) is 0.487. The molecule has 0 unspecified atom stereocenters. The van der Waals surface area contributed by atoms with E-state index in [2.05, 4.69) is 76.1 Å². The van der Waals surface area contributed by atoms with Crippen molar-refractivity contribution in [3.05, 3.63) is 36.2 Å². The predicted molar refractivity (Wildman–Crippen MR) is 118 cm³/mol. The summed E-state index contributed by atoms with van der Waals surface area (Å²) in [4.78, 5) is 2.33. The second-order valence-electron chi connectivity index (χ2n) is 6.42. The Bertz CT molecular complexity index is 1130. The van der Waals surface area contributed by atoms with Crippen LogP contribution in [0.3, 0.4) is 0 Å². The maximum atomic E-state index is 9.22. The van der Waals surface area contributed by atoms with Gasteiger partial charge in [0.2, 0.25) is 10.4 Å². The van der Waals surface area contributed by atoms with E-state index < -0.39 is 10.4 Å². The smallest absolute Gasteiger partial charge is 0.410 e. The number of hydrogen-bond donors (Lipinski definition) is 0. The zero-order valence-electron chi connectivity index (χ0n) is 18.0. The minimum atomic E-state index is -4.41. The maximum Gasteiger partial charge on any atom is 0.410 e. The Labute approximate surface area is 181 Å². The Balaban J connectivity index is 0.000000469. The topological polar surface area (TPSA) is 103 Å². The SMILES string of the molecule is CCN(CC)c1c[n+](C)c(N=Nc2c(C)n(C)c3ccccc23)s1.COS(=O)(=O)[O-]. The molecule has 164 valence electrons. The van der Waals surface area contributed by atoms with Gasteiger partial charge in [0.1, 0.15) is 16.9 Å². The summed E-state index contributed by atoms with van der Waals surface area (Å²) in [6, 6.07) is 8.32. The lowest BCUT2D eigenvalue weighted by Gasteiger charge is -2.16. The summed E-state index contributed by atoms with van der Waals surface area (Å²) in [5.41, 5.74) is 3.26. The number of hydrogen-bond acceptors (Lipinski definition) is 8. The number of aromatic nitrogens is 2. The number of para-hydroxylation sites is 1. The molecule has 0 saturated heterocycles. The molecule has 2 aromatic heterocycles. The first-order valence-electron chi connectivity index (χ1n) is 9.34. The molecule has 0 fully saturated rings. The standard InChI is InChI=1S/C18H24N5S.CH4O4S/c1-6-23(7-2)16-12-21(4)18(24-16)20-19-17-13(3)22(5)15-11-9-8-10-14(15)17;1-5-6(2,3)4/h8-12H,6-7H2,1-5H3;1H3,(H,2,3,4)/q+1;/p-1. The Morgan fingerprint density at radius 1 is 1.23 bits per heavy atom. The molecular formula is C19H27N5O4S2. The minimum Gasteiger partial charge on any atom is -0.726 e. The molecule has 11 heteroatoms. The Morgan fingerprint density at radius 3 is 2.40 bits per heavy atom. The van der Waals surface area contributed by atoms with Crippen LogP contribution in [0.25, 0.3) is 10.9 Å². The average molecular weight is 454 g/mol. The number of anilines is 1. The van der Waals surface area contributed by atoms with Crippen molar-refractivity contribution < 1.29 is 21.7 Å². The van der Waals surface area contributed by atoms with E-state index in [1.807, 2.05) is 17.7 Å². The van der Waals surface area contributed by atoms with E-state index >= 15 is 0 Å². The van der Waals surface area contributed by atoms with Crippen LogP contribution < -0.4 is 9.47 Å². The first kappa shape index (κ1) is 23.9. The van der Waals surface area contributed by atoms with Crippen LogP contribution in [0, 0.1) is 6.92 Å². The molecular weight excluding hydrogens is 426 g/mol. The molecule has 0 aliphatic carbocycles. The van der Waals surface area contributed by atoms with Crippen LogP contribution in [-0.4, -0.2) is 37.7 Å². The highest BCUT2D eigenvalue weighted by molar-refractivity contribution is 7.80. The van der Waals surface area contributed by atoms with E-state index in [1.165, 1.54) is 10.5 Å². The summed E-state index contributed by atoms with van der Waals surface area (Å²) >= 11 is 1.68. The van der Waals surface area contributed by atoms with Gasteiger partial charge in [-0.15, -0.1) is 0 Å². The van der Waals surface area contributed by atoms with Gasteiger partial charge in [0, 0.05) is 31.2 Å². The lowest BCUT2D eigenvalue weighted by molar-refractivity contribution is -0.653. The molecule has 0 N–H and O–H groups in total. The molecule has 3 rings (SSSR count). The second kappa shape index (κ2) is 10.1. The second-order valence-corrected chi connectivity index (χ2v) is 8.56. The molecule has 0 amide bonds. The van der Waals surface area contributed by atoms with Crippen molar-refractivity contribution in [3.8, 4) is 0 Å². The summed E-state index contributed by atoms with van der Waals surface area (Å²) in [5.74, 6) is 0. The molecule has 30 heavy (non-hydrogen) atoms. The molecule has 2 heterocycles. The summed E-state index contributed by atoms with van der Waals surface area (Å²) in [5, 5.41) is 12.4. The van der Waals surface area contributed by atoms with Gasteiger partial charge in [-0.3, -0.25) is 4.18 Å². The Morgan fingerprint density at radius 2 is 1.83 bits per heavy atom. The van der Waals surface area contributed by atoms with Crippen LogP contribution in [0.4, 0.5) is 15.8 Å². The van der Waals surface area contributed by atoms with Gasteiger partial charge in [-0.25, -0.2) is 13.0 Å². The molecule has 0 saturated carbocycles. The first-order valence-corrected chi connectivity index (χ1v) is 11.5. The van der Waals surface area contributed by atoms with Crippen molar-refractivity contribution in [2.24, 2.45) is 24.3 Å². The van der Waals surface area contributed by atoms with Crippen molar-refractivity contribution in [1.82, 2.24) is 4.57 Å². The first-order chi connectivity index (χ1) is 14.1. The number of benzene rings is 1. The number of rotatable bonds is 6. The zero-order valence-corrected chi connectivity index (χ0v) is 19.6. The van der Waals surface area contributed by atoms with Crippen molar-refractivity contribution in [2.75, 3.05) is 25.1 Å². The third-order valence-electron chi connectivity index (χ3n) is 4.68. The Hall–Kier alpha value is -2.34. The third-order valence-corrected chi connectivity index (χ3v) is 6.22. The lowest BCUT2D eigenvalue weighted by atomic mass is 10.2. The van der Waals surface area contributed by atoms with E-state index in [0.29, 0.717) is 0 Å². The van der Waals surface area contributed by atoms with Crippen LogP contribution in [0.2, 0.25) is 0 Å². The van der Waals surface area contributed by atoms with Crippen molar-refractivity contribution in [1.29, 1.82) is 0 Å². The summed E-state index contributed by atoms with van der Waals surface area (Å²) in [6.45, 7) is 8.42. The van der Waals surface area contributed by atoms with Crippen LogP contribution in [0.1, 0.15) is 19.5 Å². The molecule has 0 radical (unpaired) electrons. The molecule has 9 nitrogen and oxygen atoms in total. The maximum absolute atomic E-state index is 9.22. The molecule has 0 bridgehead atoms. The highest BCUT2D eigenvalue weighted by Crippen LogP contribution is 2.34. The van der Waals surface area contributed by atoms with Crippen molar-refractivity contribution in [3.63, 3.8) is 0 Å². The van der Waals surface area contributed by atoms with Gasteiger partial charge < -0.3 is 14.0 Å². The number of aryl methyl sites for hydroxylation is 2. The molecule has 0 spiro atoms. The third kappa shape index (κ3) is 5.63. The zero-order chi connectivity index (χ0) is 22.5. The van der Waals surface area contributed by atoms with E-state index in [1.54, 1.807) is 11.3 Å². The van der Waals surface area contributed by atoms with E-state index in [0.717, 1.165) is 42.1 Å². The number of fused-ring (bicyclic) bond motifs is 1. The fraction of sp³-hybridized carbons (Fsp3) is 0.421. The molecule has 0 aliphatic heterocycles. The van der Waals surface area contributed by atoms with Crippen molar-refractivity contribution in [2.45, 2.75) is 20.8 Å². The summed E-state index contributed by atoms with van der Waals surface area (Å²) in [6.07, 6.45) is 2.13. The Kier molecular flexibility index (Phi) is 8.07. The van der Waals surface area contributed by atoms with Crippen LogP contribution in [0.15, 0.2) is 40.7 Å². The highest BCUT2D eigenvalue weighted by atomic mass is 32.3. The van der Waals surface area contributed by atoms with Gasteiger partial charge >= 0.3 is 5.13 Å². The largest absolute Gasteiger partial charge is 0.726 e. The molecule has 0 aliphatic rings. The van der Waals surface area contributed by atoms with Gasteiger partial charge in [-0.05, 0) is 43.3 Å². The quantitative estimate of drug-likeness (QED) is 0.245. The van der Waals surface area contributed by atoms with E-state index in [-0.39, 0.29) is 0 Å². The molecule has 3 aromatic rings. The lowest BCUT2D eigenvalue weighted by Crippen LogP contribution is -2.26. The minimum absolute atomic E-state index is 0.808. The number of nitrogens with zero attached hydrogens (tertiary/aromatic N) is 5. The summed E-state index contributed by atoms with van der Waals surface area (Å²) < 4.78 is 35.2. The normalized spacial score (nSPS) is 11.7. The average Bonchev–Trinajstić information content (AvgIpc) is 3.19. The molecule has 1 aromatic carbocycles. The fourth-order valence-electron chi connectivity index (χ4n) is 2.90. The van der Waals surface area contributed by atoms with Gasteiger partial charge in [-0.2, -0.15) is 0 Å². The molecule has 0 atom stereocenters. The van der Waals surface area contributed by atoms with Gasteiger partial charge in [0.05, 0.1) is 24.8 Å². The fourth-order valence-corrected chi connectivity index (χ4v) is 3.97. The van der Waals surface area contributed by atoms with Gasteiger partial charge in [0.15, 0.2) is 0 Å². The van der Waals surface area contributed by atoms with E-state index in [9.17, 15) is 13.0 Å². The van der Waals surface area contributed by atoms with Crippen molar-refractivity contribution >= 4 is 48.5 Å². The highest BCUT2D eigenvalue weighted by Gasteiger charge is 2.18. The number of azo groups is 1. The van der Waals surface area contributed by atoms with Crippen LogP contribution in [-0.2, 0) is 28.7 Å². The van der Waals surface area contributed by atoms with Gasteiger partial charge in [-0.1, -0.05) is 18.2 Å². The van der Waals surface area contributed by atoms with Crippen LogP contribution >= 0.6 is 11.3 Å². The van der Waals surface area contributed by atoms with Gasteiger partial charge in [0.25, 0.3) is 0 Å². The number of thiazole rings is 1. The van der Waals surface area contributed by atoms with Crippen LogP contribution in [0.5, 0.6) is 0 Å². The predicted octanol–water partition coefficient (Wildman–Crippen LogP) is 3.73. The van der Waals surface area contributed by atoms with E-state index in [4.69, 9.17) is 0 Å².